The highest BCUT2D eigenvalue weighted by molar-refractivity contribution is 9.10. The van der Waals surface area contributed by atoms with E-state index in [0.717, 1.165) is 21.0 Å². The van der Waals surface area contributed by atoms with E-state index in [9.17, 15) is 4.79 Å². The van der Waals surface area contributed by atoms with Gasteiger partial charge < -0.3 is 4.42 Å². The summed E-state index contributed by atoms with van der Waals surface area (Å²) in [5, 5.41) is 1.51. The molecule has 0 unspecified atom stereocenters. The molecule has 0 saturated carbocycles. The third-order valence-electron chi connectivity index (χ3n) is 3.10. The number of aryl methyl sites for hydroxylation is 1. The zero-order valence-electron chi connectivity index (χ0n) is 10.6. The quantitative estimate of drug-likeness (QED) is 0.581. The third kappa shape index (κ3) is 2.39. The average molecular weight is 350 g/mol. The van der Waals surface area contributed by atoms with Gasteiger partial charge in [-0.1, -0.05) is 27.5 Å². The molecule has 0 N–H and O–H groups in total. The fourth-order valence-electron chi connectivity index (χ4n) is 2.14. The van der Waals surface area contributed by atoms with Crippen LogP contribution in [0.1, 0.15) is 21.7 Å². The number of ketones is 1. The van der Waals surface area contributed by atoms with E-state index in [1.807, 2.05) is 19.1 Å². The molecule has 0 atom stereocenters. The molecule has 4 heteroatoms. The van der Waals surface area contributed by atoms with Crippen LogP contribution in [0, 0.1) is 6.92 Å². The van der Waals surface area contributed by atoms with E-state index in [0.29, 0.717) is 16.3 Å². The molecular weight excluding hydrogens is 340 g/mol. The van der Waals surface area contributed by atoms with Crippen LogP contribution in [0.4, 0.5) is 0 Å². The predicted molar refractivity (Wildman–Crippen MR) is 83.5 cm³/mol. The van der Waals surface area contributed by atoms with Crippen LogP contribution in [-0.2, 0) is 0 Å². The van der Waals surface area contributed by atoms with Crippen LogP contribution in [0.5, 0.6) is 0 Å². The third-order valence-corrected chi connectivity index (χ3v) is 3.81. The van der Waals surface area contributed by atoms with Crippen molar-refractivity contribution in [2.24, 2.45) is 0 Å². The molecule has 0 aliphatic rings. The smallest absolute Gasteiger partial charge is 0.228 e. The van der Waals surface area contributed by atoms with Crippen molar-refractivity contribution in [2.75, 3.05) is 0 Å². The zero-order valence-corrected chi connectivity index (χ0v) is 13.0. The molecule has 1 aromatic heterocycles. The van der Waals surface area contributed by atoms with Crippen LogP contribution in [0.2, 0.25) is 5.02 Å². The first-order chi connectivity index (χ1) is 9.54. The summed E-state index contributed by atoms with van der Waals surface area (Å²) in [6, 6.07) is 12.4. The molecule has 0 spiro atoms. The molecule has 0 aliphatic carbocycles. The lowest BCUT2D eigenvalue weighted by Gasteiger charge is -1.97. The zero-order chi connectivity index (χ0) is 14.3. The van der Waals surface area contributed by atoms with Crippen molar-refractivity contribution in [3.05, 3.63) is 68.8 Å². The SMILES string of the molecule is Cc1cc(Br)cc2cc(C(=O)c3ccc(Cl)cc3)oc12. The number of hydrogen-bond acceptors (Lipinski definition) is 2. The maximum Gasteiger partial charge on any atom is 0.228 e. The number of fused-ring (bicyclic) bond motifs is 1. The number of carbonyl (C=O) groups excluding carboxylic acids is 1. The lowest BCUT2D eigenvalue weighted by Crippen LogP contribution is -1.98. The van der Waals surface area contributed by atoms with Gasteiger partial charge in [-0.15, -0.1) is 0 Å². The average Bonchev–Trinajstić information content (AvgIpc) is 2.83. The Morgan fingerprint density at radius 2 is 1.85 bits per heavy atom. The second-order valence-electron chi connectivity index (χ2n) is 4.59. The maximum absolute atomic E-state index is 12.4. The minimum absolute atomic E-state index is 0.145. The van der Waals surface area contributed by atoms with Crippen molar-refractivity contribution < 1.29 is 9.21 Å². The molecule has 20 heavy (non-hydrogen) atoms. The Bertz CT molecular complexity index is 803. The lowest BCUT2D eigenvalue weighted by molar-refractivity contribution is 0.101. The van der Waals surface area contributed by atoms with Gasteiger partial charge in [-0.3, -0.25) is 4.79 Å². The molecular formula is C16H10BrClO2. The number of hydrogen-bond donors (Lipinski definition) is 0. The van der Waals surface area contributed by atoms with Gasteiger partial charge in [0.15, 0.2) is 5.76 Å². The molecule has 0 bridgehead atoms. The van der Waals surface area contributed by atoms with Crippen molar-refractivity contribution in [1.29, 1.82) is 0 Å². The molecule has 0 aliphatic heterocycles. The van der Waals surface area contributed by atoms with Gasteiger partial charge in [0, 0.05) is 20.4 Å². The fourth-order valence-corrected chi connectivity index (χ4v) is 2.85. The first-order valence-corrected chi connectivity index (χ1v) is 7.21. The van der Waals surface area contributed by atoms with Crippen molar-refractivity contribution in [3.8, 4) is 0 Å². The number of benzene rings is 2. The summed E-state index contributed by atoms with van der Waals surface area (Å²) in [7, 11) is 0. The van der Waals surface area contributed by atoms with Gasteiger partial charge in [0.1, 0.15) is 5.58 Å². The first kappa shape index (κ1) is 13.4. The van der Waals surface area contributed by atoms with E-state index in [-0.39, 0.29) is 5.78 Å². The summed E-state index contributed by atoms with van der Waals surface area (Å²) >= 11 is 9.27. The molecule has 3 aromatic rings. The van der Waals surface area contributed by atoms with Crippen LogP contribution in [0.3, 0.4) is 0 Å². The van der Waals surface area contributed by atoms with Crippen LogP contribution in [0.25, 0.3) is 11.0 Å². The Balaban J connectivity index is 2.08. The van der Waals surface area contributed by atoms with E-state index in [4.69, 9.17) is 16.0 Å². The highest BCUT2D eigenvalue weighted by atomic mass is 79.9. The molecule has 0 radical (unpaired) electrons. The molecule has 3 rings (SSSR count). The Kier molecular flexibility index (Phi) is 3.40. The van der Waals surface area contributed by atoms with Gasteiger partial charge in [-0.25, -0.2) is 0 Å². The van der Waals surface area contributed by atoms with Crippen LogP contribution < -0.4 is 0 Å². The normalized spacial score (nSPS) is 10.9. The van der Waals surface area contributed by atoms with E-state index in [2.05, 4.69) is 15.9 Å². The fraction of sp³-hybridized carbons (Fsp3) is 0.0625. The molecule has 1 heterocycles. The number of halogens is 2. The Hall–Kier alpha value is -1.58. The highest BCUT2D eigenvalue weighted by Crippen LogP contribution is 2.28. The van der Waals surface area contributed by atoms with Gasteiger partial charge in [-0.05, 0) is 55.0 Å². The summed E-state index contributed by atoms with van der Waals surface area (Å²) in [6.45, 7) is 1.95. The lowest BCUT2D eigenvalue weighted by atomic mass is 10.1. The van der Waals surface area contributed by atoms with Gasteiger partial charge in [0.2, 0.25) is 5.78 Å². The second-order valence-corrected chi connectivity index (χ2v) is 5.94. The molecule has 2 nitrogen and oxygen atoms in total. The number of rotatable bonds is 2. The summed E-state index contributed by atoms with van der Waals surface area (Å²) < 4.78 is 6.66. The molecule has 0 fully saturated rings. The largest absolute Gasteiger partial charge is 0.452 e. The van der Waals surface area contributed by atoms with Gasteiger partial charge in [-0.2, -0.15) is 0 Å². The van der Waals surface area contributed by atoms with Crippen LogP contribution in [0.15, 0.2) is 51.4 Å². The van der Waals surface area contributed by atoms with Crippen molar-refractivity contribution in [2.45, 2.75) is 6.92 Å². The van der Waals surface area contributed by atoms with Crippen LogP contribution >= 0.6 is 27.5 Å². The summed E-state index contributed by atoms with van der Waals surface area (Å²) in [5.74, 6) is 0.192. The minimum Gasteiger partial charge on any atom is -0.452 e. The summed E-state index contributed by atoms with van der Waals surface area (Å²) in [4.78, 5) is 12.4. The Morgan fingerprint density at radius 3 is 2.55 bits per heavy atom. The predicted octanol–water partition coefficient (Wildman–Crippen LogP) is 5.39. The Labute approximate surface area is 129 Å². The molecule has 100 valence electrons. The molecule has 0 amide bonds. The maximum atomic E-state index is 12.4. The van der Waals surface area contributed by atoms with E-state index < -0.39 is 0 Å². The van der Waals surface area contributed by atoms with Crippen molar-refractivity contribution >= 4 is 44.3 Å². The number of carbonyl (C=O) groups is 1. The Morgan fingerprint density at radius 1 is 1.15 bits per heavy atom. The van der Waals surface area contributed by atoms with E-state index >= 15 is 0 Å². The van der Waals surface area contributed by atoms with Crippen molar-refractivity contribution in [3.63, 3.8) is 0 Å². The molecule has 0 saturated heterocycles. The summed E-state index contributed by atoms with van der Waals surface area (Å²) in [5.41, 5.74) is 2.29. The standard InChI is InChI=1S/C16H10BrClO2/c1-9-6-12(17)7-11-8-14(20-16(9)11)15(19)10-2-4-13(18)5-3-10/h2-8H,1H3. The van der Waals surface area contributed by atoms with Crippen LogP contribution in [-0.4, -0.2) is 5.78 Å². The van der Waals surface area contributed by atoms with E-state index in [1.165, 1.54) is 0 Å². The topological polar surface area (TPSA) is 30.2 Å². The highest BCUT2D eigenvalue weighted by Gasteiger charge is 2.15. The number of furan rings is 1. The van der Waals surface area contributed by atoms with Gasteiger partial charge >= 0.3 is 0 Å². The van der Waals surface area contributed by atoms with Crippen molar-refractivity contribution in [1.82, 2.24) is 0 Å². The molecule has 2 aromatic carbocycles. The minimum atomic E-state index is -0.145. The monoisotopic (exact) mass is 348 g/mol. The first-order valence-electron chi connectivity index (χ1n) is 6.04. The second kappa shape index (κ2) is 5.08. The summed E-state index contributed by atoms with van der Waals surface area (Å²) in [6.07, 6.45) is 0. The van der Waals surface area contributed by atoms with Gasteiger partial charge in [0.05, 0.1) is 0 Å². The van der Waals surface area contributed by atoms with Gasteiger partial charge in [0.25, 0.3) is 0 Å². The van der Waals surface area contributed by atoms with E-state index in [1.54, 1.807) is 30.3 Å².